The van der Waals surface area contributed by atoms with Crippen molar-refractivity contribution >= 4 is 18.2 Å². The first-order valence-corrected chi connectivity index (χ1v) is 7.86. The molecule has 0 aliphatic heterocycles. The summed E-state index contributed by atoms with van der Waals surface area (Å²) in [6.45, 7) is 5.79. The molecule has 1 aliphatic carbocycles. The zero-order chi connectivity index (χ0) is 17.5. The summed E-state index contributed by atoms with van der Waals surface area (Å²) in [5, 5.41) is 0. The van der Waals surface area contributed by atoms with Gasteiger partial charge in [0.2, 0.25) is 6.41 Å². The summed E-state index contributed by atoms with van der Waals surface area (Å²) in [4.78, 5) is 26.0. The van der Waals surface area contributed by atoms with Crippen molar-refractivity contribution < 1.29 is 19.1 Å². The molecule has 0 radical (unpaired) electrons. The van der Waals surface area contributed by atoms with Crippen LogP contribution in [-0.2, 0) is 14.3 Å². The number of ether oxygens (including phenoxy) is 2. The highest BCUT2D eigenvalue weighted by Crippen LogP contribution is 2.35. The fraction of sp³-hybridized carbons (Fsp3) is 0.389. The molecule has 6 heteroatoms. The Morgan fingerprint density at radius 2 is 2.25 bits per heavy atom. The van der Waals surface area contributed by atoms with Crippen LogP contribution in [0.1, 0.15) is 25.3 Å². The second-order valence-corrected chi connectivity index (χ2v) is 5.86. The number of carbonyl (C=O) groups excluding carboxylic acids is 2. The van der Waals surface area contributed by atoms with E-state index in [9.17, 15) is 9.59 Å². The molecule has 1 aliphatic rings. The zero-order valence-corrected chi connectivity index (χ0v) is 13.7. The highest BCUT2D eigenvalue weighted by atomic mass is 16.5. The minimum atomic E-state index is -0.204. The van der Waals surface area contributed by atoms with Crippen molar-refractivity contribution in [2.24, 2.45) is 22.6 Å². The predicted octanol–water partition coefficient (Wildman–Crippen LogP) is 2.07. The van der Waals surface area contributed by atoms with Crippen molar-refractivity contribution in [1.29, 1.82) is 0 Å². The molecule has 0 spiro atoms. The number of nitrogens with zero attached hydrogens (tertiary/aromatic N) is 1. The molecule has 0 heterocycles. The molecule has 0 aromatic heterocycles. The van der Waals surface area contributed by atoms with E-state index in [0.717, 1.165) is 6.42 Å². The summed E-state index contributed by atoms with van der Waals surface area (Å²) < 4.78 is 11.1. The minimum Gasteiger partial charge on any atom is -0.490 e. The molecule has 2 N–H and O–H groups in total. The Kier molecular flexibility index (Phi) is 6.12. The molecule has 6 nitrogen and oxygen atoms in total. The monoisotopic (exact) mass is 330 g/mol. The maximum atomic E-state index is 12.0. The molecule has 1 amide bonds. The number of aliphatic imine (C=N–C) groups is 1. The van der Waals surface area contributed by atoms with E-state index in [4.69, 9.17) is 15.2 Å². The molecule has 1 unspecified atom stereocenters. The van der Waals surface area contributed by atoms with Crippen LogP contribution in [0.2, 0.25) is 0 Å². The van der Waals surface area contributed by atoms with E-state index in [1.54, 1.807) is 24.3 Å². The number of amidine groups is 1. The van der Waals surface area contributed by atoms with Crippen LogP contribution >= 0.6 is 0 Å². The van der Waals surface area contributed by atoms with Gasteiger partial charge < -0.3 is 15.2 Å². The molecule has 3 atom stereocenters. The van der Waals surface area contributed by atoms with Crippen LogP contribution in [0.3, 0.4) is 0 Å². The van der Waals surface area contributed by atoms with Gasteiger partial charge in [-0.25, -0.2) is 0 Å². The first kappa shape index (κ1) is 17.7. The van der Waals surface area contributed by atoms with Gasteiger partial charge in [-0.05, 0) is 30.9 Å². The summed E-state index contributed by atoms with van der Waals surface area (Å²) in [6.07, 6.45) is 3.28. The number of rotatable bonds is 7. The van der Waals surface area contributed by atoms with E-state index in [2.05, 4.69) is 11.6 Å². The van der Waals surface area contributed by atoms with E-state index in [1.165, 1.54) is 0 Å². The lowest BCUT2D eigenvalue weighted by Gasteiger charge is -2.14. The number of esters is 1. The van der Waals surface area contributed by atoms with Gasteiger partial charge in [-0.15, -0.1) is 0 Å². The minimum absolute atomic E-state index is 0.0687. The van der Waals surface area contributed by atoms with Gasteiger partial charge in [-0.2, -0.15) is 4.99 Å². The van der Waals surface area contributed by atoms with Gasteiger partial charge in [0.05, 0.1) is 12.0 Å². The molecule has 2 rings (SSSR count). The van der Waals surface area contributed by atoms with Crippen LogP contribution in [0.4, 0.5) is 0 Å². The number of benzene rings is 1. The standard InChI is InChI=1S/C18H22N2O4/c1-3-7-23-18(22)16-10-15(8-12(16)2)24-14-6-4-5-13(9-14)17(19)20-11-21/h3-6,9,11-12,15-16H,1,7-8,10H2,2H3,(H2,19,20,21)/t12?,15-,16+/m1/s1. The van der Waals surface area contributed by atoms with Gasteiger partial charge in [0.25, 0.3) is 0 Å². The van der Waals surface area contributed by atoms with Gasteiger partial charge in [-0.1, -0.05) is 31.7 Å². The van der Waals surface area contributed by atoms with E-state index < -0.39 is 0 Å². The van der Waals surface area contributed by atoms with Crippen molar-refractivity contribution in [3.63, 3.8) is 0 Å². The first-order valence-electron chi connectivity index (χ1n) is 7.86. The predicted molar refractivity (Wildman–Crippen MR) is 90.7 cm³/mol. The topological polar surface area (TPSA) is 91.0 Å². The first-order chi connectivity index (χ1) is 11.5. The van der Waals surface area contributed by atoms with Crippen molar-refractivity contribution in [2.75, 3.05) is 6.61 Å². The smallest absolute Gasteiger partial charge is 0.309 e. The zero-order valence-electron chi connectivity index (χ0n) is 13.7. The summed E-state index contributed by atoms with van der Waals surface area (Å²) in [5.74, 6) is 0.594. The largest absolute Gasteiger partial charge is 0.490 e. The third-order valence-electron chi connectivity index (χ3n) is 4.11. The quantitative estimate of drug-likeness (QED) is 0.272. The van der Waals surface area contributed by atoms with E-state index >= 15 is 0 Å². The SMILES string of the molecule is C=CCOC(=O)[C@H]1C[C@H](Oc2cccc(C(N)=NC=O)c2)CC1C. The van der Waals surface area contributed by atoms with Gasteiger partial charge in [0.15, 0.2) is 0 Å². The molecule has 1 aromatic carbocycles. The Labute approximate surface area is 141 Å². The molecule has 0 bridgehead atoms. The van der Waals surface area contributed by atoms with Crippen LogP contribution < -0.4 is 10.5 Å². The molecule has 1 saturated carbocycles. The molecule has 1 fully saturated rings. The Hall–Kier alpha value is -2.63. The van der Waals surface area contributed by atoms with Crippen molar-refractivity contribution in [3.8, 4) is 5.75 Å². The second-order valence-electron chi connectivity index (χ2n) is 5.86. The average molecular weight is 330 g/mol. The summed E-state index contributed by atoms with van der Waals surface area (Å²) in [5.41, 5.74) is 6.32. The number of amides is 1. The fourth-order valence-electron chi connectivity index (χ4n) is 2.92. The third-order valence-corrected chi connectivity index (χ3v) is 4.11. The number of hydrogen-bond donors (Lipinski definition) is 1. The molecule has 0 saturated heterocycles. The van der Waals surface area contributed by atoms with Crippen LogP contribution in [0.15, 0.2) is 41.9 Å². The lowest BCUT2D eigenvalue weighted by atomic mass is 9.99. The Bertz CT molecular complexity index is 642. The third kappa shape index (κ3) is 4.44. The molecular formula is C18H22N2O4. The molecule has 24 heavy (non-hydrogen) atoms. The normalized spacial score (nSPS) is 23.5. The summed E-state index contributed by atoms with van der Waals surface area (Å²) >= 11 is 0. The average Bonchev–Trinajstić information content (AvgIpc) is 2.93. The van der Waals surface area contributed by atoms with Gasteiger partial charge in [-0.3, -0.25) is 9.59 Å². The van der Waals surface area contributed by atoms with Gasteiger partial charge in [0.1, 0.15) is 18.2 Å². The number of nitrogens with two attached hydrogens (primary N) is 1. The maximum absolute atomic E-state index is 12.0. The lowest BCUT2D eigenvalue weighted by Crippen LogP contribution is -2.20. The van der Waals surface area contributed by atoms with Crippen LogP contribution in [0.5, 0.6) is 5.75 Å². The van der Waals surface area contributed by atoms with Crippen molar-refractivity contribution in [3.05, 3.63) is 42.5 Å². The molecular weight excluding hydrogens is 308 g/mol. The lowest BCUT2D eigenvalue weighted by molar-refractivity contribution is -0.148. The second kappa shape index (κ2) is 8.29. The van der Waals surface area contributed by atoms with E-state index in [1.807, 2.05) is 13.0 Å². The van der Waals surface area contributed by atoms with Gasteiger partial charge in [0, 0.05) is 5.56 Å². The van der Waals surface area contributed by atoms with E-state index in [0.29, 0.717) is 24.1 Å². The molecule has 1 aromatic rings. The Morgan fingerprint density at radius 3 is 2.96 bits per heavy atom. The molecule has 128 valence electrons. The number of carbonyl (C=O) groups is 2. The van der Waals surface area contributed by atoms with Crippen molar-refractivity contribution in [2.45, 2.75) is 25.9 Å². The summed E-state index contributed by atoms with van der Waals surface area (Å²) in [7, 11) is 0. The van der Waals surface area contributed by atoms with Crippen molar-refractivity contribution in [1.82, 2.24) is 0 Å². The Balaban J connectivity index is 2.01. The summed E-state index contributed by atoms with van der Waals surface area (Å²) in [6, 6.07) is 7.08. The maximum Gasteiger partial charge on any atom is 0.309 e. The number of hydrogen-bond acceptors (Lipinski definition) is 4. The highest BCUT2D eigenvalue weighted by Gasteiger charge is 2.38. The van der Waals surface area contributed by atoms with Crippen LogP contribution in [-0.4, -0.2) is 30.9 Å². The fourth-order valence-corrected chi connectivity index (χ4v) is 2.92. The highest BCUT2D eigenvalue weighted by molar-refractivity contribution is 6.00. The van der Waals surface area contributed by atoms with Gasteiger partial charge >= 0.3 is 5.97 Å². The Morgan fingerprint density at radius 1 is 1.46 bits per heavy atom. The van der Waals surface area contributed by atoms with Crippen LogP contribution in [0, 0.1) is 11.8 Å². The van der Waals surface area contributed by atoms with E-state index in [-0.39, 0.29) is 36.4 Å². The van der Waals surface area contributed by atoms with Crippen LogP contribution in [0.25, 0.3) is 0 Å².